The van der Waals surface area contributed by atoms with E-state index < -0.39 is 0 Å². The summed E-state index contributed by atoms with van der Waals surface area (Å²) in [7, 11) is 0. The summed E-state index contributed by atoms with van der Waals surface area (Å²) in [5, 5.41) is 4.99. The minimum Gasteiger partial charge on any atom is -0.389 e. The van der Waals surface area contributed by atoms with Gasteiger partial charge in [0.2, 0.25) is 0 Å². The van der Waals surface area contributed by atoms with Gasteiger partial charge in [0.15, 0.2) is 0 Å². The first-order valence-electron chi connectivity index (χ1n) is 6.35. The number of hydrogen-bond donors (Lipinski definition) is 1. The highest BCUT2D eigenvalue weighted by Crippen LogP contribution is 2.23. The number of halogens is 1. The van der Waals surface area contributed by atoms with Crippen LogP contribution < -0.4 is 5.73 Å². The molecule has 1 aromatic heterocycles. The van der Waals surface area contributed by atoms with E-state index in [2.05, 4.69) is 5.10 Å². The molecule has 0 aliphatic carbocycles. The Bertz CT molecular complexity index is 796. The Balaban J connectivity index is 2.07. The molecule has 0 fully saturated rings. The second kappa shape index (κ2) is 5.68. The third-order valence-electron chi connectivity index (χ3n) is 3.16. The number of rotatable bonds is 3. The Morgan fingerprint density at radius 2 is 1.86 bits per heavy atom. The first-order valence-corrected chi connectivity index (χ1v) is 7.13. The summed E-state index contributed by atoms with van der Waals surface area (Å²) in [5.74, 6) is 0. The van der Waals surface area contributed by atoms with Gasteiger partial charge in [0, 0.05) is 22.3 Å². The minimum atomic E-state index is 0.296. The van der Waals surface area contributed by atoms with Crippen molar-refractivity contribution in [1.29, 1.82) is 0 Å². The SMILES string of the molecule is NC(=S)c1cc(Cl)ccc1-n1cc(-c2ccccc2)cn1. The molecular formula is C16H12ClN3S. The van der Waals surface area contributed by atoms with Crippen molar-refractivity contribution in [3.8, 4) is 16.8 Å². The lowest BCUT2D eigenvalue weighted by atomic mass is 10.1. The molecule has 5 heteroatoms. The average molecular weight is 314 g/mol. The molecule has 3 nitrogen and oxygen atoms in total. The van der Waals surface area contributed by atoms with Crippen LogP contribution in [0.4, 0.5) is 0 Å². The molecule has 3 rings (SSSR count). The molecule has 2 aromatic carbocycles. The van der Waals surface area contributed by atoms with Crippen molar-refractivity contribution >= 4 is 28.8 Å². The van der Waals surface area contributed by atoms with Gasteiger partial charge in [-0.15, -0.1) is 0 Å². The Morgan fingerprint density at radius 1 is 1.10 bits per heavy atom. The highest BCUT2D eigenvalue weighted by atomic mass is 35.5. The van der Waals surface area contributed by atoms with Crippen molar-refractivity contribution in [3.05, 3.63) is 71.5 Å². The van der Waals surface area contributed by atoms with E-state index in [4.69, 9.17) is 29.6 Å². The topological polar surface area (TPSA) is 43.8 Å². The Labute approximate surface area is 133 Å². The fourth-order valence-corrected chi connectivity index (χ4v) is 2.48. The number of thiocarbonyl (C=S) groups is 1. The van der Waals surface area contributed by atoms with Gasteiger partial charge in [0.1, 0.15) is 4.99 Å². The molecular weight excluding hydrogens is 302 g/mol. The van der Waals surface area contributed by atoms with Crippen LogP contribution >= 0.6 is 23.8 Å². The number of hydrogen-bond acceptors (Lipinski definition) is 2. The van der Waals surface area contributed by atoms with Crippen LogP contribution in [0, 0.1) is 0 Å². The van der Waals surface area contributed by atoms with Crippen LogP contribution in [0.3, 0.4) is 0 Å². The predicted octanol–water partition coefficient (Wildman–Crippen LogP) is 3.83. The van der Waals surface area contributed by atoms with Crippen molar-refractivity contribution in [2.24, 2.45) is 5.73 Å². The molecule has 21 heavy (non-hydrogen) atoms. The van der Waals surface area contributed by atoms with E-state index in [0.29, 0.717) is 15.6 Å². The van der Waals surface area contributed by atoms with Gasteiger partial charge >= 0.3 is 0 Å². The molecule has 0 aliphatic rings. The van der Waals surface area contributed by atoms with E-state index in [1.165, 1.54) is 0 Å². The first kappa shape index (κ1) is 13.8. The lowest BCUT2D eigenvalue weighted by molar-refractivity contribution is 0.879. The van der Waals surface area contributed by atoms with E-state index >= 15 is 0 Å². The quantitative estimate of drug-likeness (QED) is 0.747. The largest absolute Gasteiger partial charge is 0.389 e. The molecule has 104 valence electrons. The summed E-state index contributed by atoms with van der Waals surface area (Å²) in [6, 6.07) is 15.5. The number of nitrogens with two attached hydrogens (primary N) is 1. The van der Waals surface area contributed by atoms with Crippen LogP contribution in [-0.2, 0) is 0 Å². The van der Waals surface area contributed by atoms with Gasteiger partial charge in [-0.25, -0.2) is 4.68 Å². The molecule has 0 atom stereocenters. The highest BCUT2D eigenvalue weighted by Gasteiger charge is 2.10. The lowest BCUT2D eigenvalue weighted by Gasteiger charge is -2.08. The maximum absolute atomic E-state index is 6.00. The zero-order chi connectivity index (χ0) is 14.8. The third-order valence-corrected chi connectivity index (χ3v) is 3.62. The van der Waals surface area contributed by atoms with Crippen LogP contribution in [-0.4, -0.2) is 14.8 Å². The molecule has 0 radical (unpaired) electrons. The molecule has 3 aromatic rings. The zero-order valence-electron chi connectivity index (χ0n) is 11.0. The normalized spacial score (nSPS) is 10.5. The molecule has 0 bridgehead atoms. The lowest BCUT2D eigenvalue weighted by Crippen LogP contribution is -2.13. The van der Waals surface area contributed by atoms with Gasteiger partial charge in [-0.1, -0.05) is 54.2 Å². The zero-order valence-corrected chi connectivity index (χ0v) is 12.6. The van der Waals surface area contributed by atoms with Crippen molar-refractivity contribution in [2.75, 3.05) is 0 Å². The van der Waals surface area contributed by atoms with Crippen LogP contribution in [0.5, 0.6) is 0 Å². The van der Waals surface area contributed by atoms with Gasteiger partial charge in [-0.05, 0) is 23.8 Å². The summed E-state index contributed by atoms with van der Waals surface area (Å²) in [6.07, 6.45) is 3.76. The predicted molar refractivity (Wildman–Crippen MR) is 89.9 cm³/mol. The van der Waals surface area contributed by atoms with Crippen LogP contribution in [0.1, 0.15) is 5.56 Å². The Kier molecular flexibility index (Phi) is 3.73. The Morgan fingerprint density at radius 3 is 2.57 bits per heavy atom. The number of nitrogens with zero attached hydrogens (tertiary/aromatic N) is 2. The Hall–Kier alpha value is -2.17. The van der Waals surface area contributed by atoms with E-state index in [-0.39, 0.29) is 0 Å². The number of aromatic nitrogens is 2. The maximum atomic E-state index is 6.00. The molecule has 2 N–H and O–H groups in total. The van der Waals surface area contributed by atoms with Crippen molar-refractivity contribution in [2.45, 2.75) is 0 Å². The number of benzene rings is 2. The van der Waals surface area contributed by atoms with Crippen molar-refractivity contribution in [3.63, 3.8) is 0 Å². The van der Waals surface area contributed by atoms with Crippen molar-refractivity contribution < 1.29 is 0 Å². The minimum absolute atomic E-state index is 0.296. The molecule has 0 unspecified atom stereocenters. The molecule has 1 heterocycles. The average Bonchev–Trinajstić information content (AvgIpc) is 2.97. The first-order chi connectivity index (χ1) is 10.1. The summed E-state index contributed by atoms with van der Waals surface area (Å²) in [4.78, 5) is 0.296. The van der Waals surface area contributed by atoms with Gasteiger partial charge in [-0.2, -0.15) is 5.10 Å². The maximum Gasteiger partial charge on any atom is 0.106 e. The van der Waals surface area contributed by atoms with Gasteiger partial charge in [-0.3, -0.25) is 0 Å². The van der Waals surface area contributed by atoms with Gasteiger partial charge in [0.25, 0.3) is 0 Å². The molecule has 0 spiro atoms. The molecule has 0 aliphatic heterocycles. The smallest absolute Gasteiger partial charge is 0.106 e. The van der Waals surface area contributed by atoms with E-state index in [0.717, 1.165) is 16.8 Å². The molecule has 0 amide bonds. The second-order valence-electron chi connectivity index (χ2n) is 4.57. The van der Waals surface area contributed by atoms with Crippen LogP contribution in [0.25, 0.3) is 16.8 Å². The third kappa shape index (κ3) is 2.82. The molecule has 0 saturated carbocycles. The summed E-state index contributed by atoms with van der Waals surface area (Å²) in [5.41, 5.74) is 9.43. The standard InChI is InChI=1S/C16H12ClN3S/c17-13-6-7-15(14(8-13)16(18)21)20-10-12(9-19-20)11-4-2-1-3-5-11/h1-10H,(H2,18,21). The summed E-state index contributed by atoms with van der Waals surface area (Å²) >= 11 is 11.1. The van der Waals surface area contributed by atoms with Crippen LogP contribution in [0.15, 0.2) is 60.9 Å². The second-order valence-corrected chi connectivity index (χ2v) is 5.44. The van der Waals surface area contributed by atoms with E-state index in [9.17, 15) is 0 Å². The fraction of sp³-hybridized carbons (Fsp3) is 0. The summed E-state index contributed by atoms with van der Waals surface area (Å²) < 4.78 is 1.76. The van der Waals surface area contributed by atoms with Gasteiger partial charge < -0.3 is 5.73 Å². The van der Waals surface area contributed by atoms with E-state index in [1.54, 1.807) is 16.8 Å². The monoisotopic (exact) mass is 313 g/mol. The highest BCUT2D eigenvalue weighted by molar-refractivity contribution is 7.80. The van der Waals surface area contributed by atoms with Gasteiger partial charge in [0.05, 0.1) is 11.9 Å². The summed E-state index contributed by atoms with van der Waals surface area (Å²) in [6.45, 7) is 0. The van der Waals surface area contributed by atoms with Crippen molar-refractivity contribution in [1.82, 2.24) is 9.78 Å². The van der Waals surface area contributed by atoms with Crippen LogP contribution in [0.2, 0.25) is 5.02 Å². The molecule has 0 saturated heterocycles. The van der Waals surface area contributed by atoms with E-state index in [1.807, 2.05) is 48.8 Å². The fourth-order valence-electron chi connectivity index (χ4n) is 2.14.